The van der Waals surface area contributed by atoms with Crippen LogP contribution in [0.4, 0.5) is 22.4 Å². The number of carbonyl (C=O) groups is 5. The average Bonchev–Trinajstić information content (AvgIpc) is 3.90. The second kappa shape index (κ2) is 17.5. The van der Waals surface area contributed by atoms with Gasteiger partial charge in [-0.25, -0.2) is 14.0 Å². The van der Waals surface area contributed by atoms with Crippen molar-refractivity contribution < 1.29 is 51.0 Å². The maximum absolute atomic E-state index is 15.0. The summed E-state index contributed by atoms with van der Waals surface area (Å²) in [6.45, 7) is 4.91. The molecule has 2 aromatic carbocycles. The van der Waals surface area contributed by atoms with Crippen LogP contribution in [0.2, 0.25) is 0 Å². The lowest BCUT2D eigenvalue weighted by Crippen LogP contribution is -2.47. The molecular weight excluding hydrogens is 706 g/mol. The molecule has 0 saturated heterocycles. The third-order valence-corrected chi connectivity index (χ3v) is 9.64. The highest BCUT2D eigenvalue weighted by molar-refractivity contribution is 8.00. The monoisotopic (exact) mass is 749 g/mol. The zero-order valence-electron chi connectivity index (χ0n) is 29.4. The van der Waals surface area contributed by atoms with Crippen molar-refractivity contribution in [2.24, 2.45) is 22.7 Å². The molecule has 4 atom stereocenters. The first-order chi connectivity index (χ1) is 24.5. The highest BCUT2D eigenvalue weighted by atomic mass is 32.2. The highest BCUT2D eigenvalue weighted by Crippen LogP contribution is 2.40. The van der Waals surface area contributed by atoms with Crippen molar-refractivity contribution in [3.05, 3.63) is 71.0 Å². The van der Waals surface area contributed by atoms with Crippen LogP contribution in [0, 0.1) is 23.6 Å². The van der Waals surface area contributed by atoms with Crippen molar-refractivity contribution in [1.82, 2.24) is 10.6 Å². The van der Waals surface area contributed by atoms with Crippen LogP contribution in [0.3, 0.4) is 0 Å². The molecule has 2 aliphatic rings. The van der Waals surface area contributed by atoms with E-state index in [1.54, 1.807) is 57.2 Å². The second-order valence-electron chi connectivity index (χ2n) is 13.9. The summed E-state index contributed by atoms with van der Waals surface area (Å²) in [6, 6.07) is 11.7. The number of thioether (sulfide) groups is 1. The number of rotatable bonds is 15. The summed E-state index contributed by atoms with van der Waals surface area (Å²) in [5, 5.41) is 4.92. The number of carbonyl (C=O) groups excluding carboxylic acids is 5. The Hall–Kier alpha value is -4.27. The molecule has 0 spiro atoms. The van der Waals surface area contributed by atoms with Crippen molar-refractivity contribution in [3.63, 3.8) is 0 Å². The van der Waals surface area contributed by atoms with Crippen LogP contribution >= 0.6 is 11.8 Å². The van der Waals surface area contributed by atoms with E-state index in [-0.39, 0.29) is 35.1 Å². The molecule has 282 valence electrons. The Balaban J connectivity index is 1.58. The quantitative estimate of drug-likeness (QED) is 0.168. The molecule has 0 bridgehead atoms. The van der Waals surface area contributed by atoms with Crippen LogP contribution in [-0.4, -0.2) is 77.8 Å². The molecule has 1 heterocycles. The third kappa shape index (κ3) is 11.9. The molecule has 52 heavy (non-hydrogen) atoms. The van der Waals surface area contributed by atoms with Gasteiger partial charge < -0.3 is 20.1 Å². The lowest BCUT2D eigenvalue weighted by molar-refractivity contribution is -0.146. The van der Waals surface area contributed by atoms with E-state index in [2.05, 4.69) is 15.6 Å². The van der Waals surface area contributed by atoms with E-state index >= 15 is 4.39 Å². The number of nitrogens with one attached hydrogen (secondary N) is 2. The van der Waals surface area contributed by atoms with Crippen LogP contribution in [0.1, 0.15) is 69.6 Å². The summed E-state index contributed by atoms with van der Waals surface area (Å²) in [6.07, 6.45) is -7.97. The molecule has 1 fully saturated rings. The van der Waals surface area contributed by atoms with Gasteiger partial charge in [-0.3, -0.25) is 19.4 Å². The Morgan fingerprint density at radius 2 is 1.69 bits per heavy atom. The number of amides is 2. The number of nitrogens with zero attached hydrogens (tertiary/aromatic N) is 1. The fourth-order valence-corrected chi connectivity index (χ4v) is 6.88. The standard InChI is InChI=1S/C37H43F4N3O7S/c1-36(2,3)51-35(49)42-28(34(48)50-4)19-52-20-30(46)26(17-21-13-14-21)24(15-16-37(39,40)41)33(47)44-32-29(45)18-25-23(11-8-12-27(25)38)31(43-32)22-9-6-5-7-10-22/h5-12,21,24,26,28,32H,13-20H2,1-4H3,(H,42,49)(H,44,47)/t24-,26+,28+,32-/m1/s1. The molecule has 15 heteroatoms. The molecule has 0 aromatic heterocycles. The molecular formula is C37H43F4N3O7S. The number of alkyl halides is 3. The second-order valence-corrected chi connectivity index (χ2v) is 14.9. The van der Waals surface area contributed by atoms with Crippen LogP contribution in [0.5, 0.6) is 0 Å². The largest absolute Gasteiger partial charge is 0.467 e. The van der Waals surface area contributed by atoms with Gasteiger partial charge in [0.2, 0.25) is 5.91 Å². The van der Waals surface area contributed by atoms with Gasteiger partial charge in [0.05, 0.1) is 18.6 Å². The van der Waals surface area contributed by atoms with Crippen molar-refractivity contribution in [1.29, 1.82) is 0 Å². The Labute approximate surface area is 303 Å². The summed E-state index contributed by atoms with van der Waals surface area (Å²) in [4.78, 5) is 70.5. The zero-order chi connectivity index (χ0) is 38.2. The number of hydrogen-bond donors (Lipinski definition) is 2. The normalized spacial score (nSPS) is 17.8. The van der Waals surface area contributed by atoms with Crippen molar-refractivity contribution >= 4 is 47.0 Å². The first-order valence-corrected chi connectivity index (χ1v) is 18.1. The smallest absolute Gasteiger partial charge is 0.408 e. The fourth-order valence-electron chi connectivity index (χ4n) is 5.89. The van der Waals surface area contributed by atoms with Gasteiger partial charge >= 0.3 is 18.2 Å². The predicted octanol–water partition coefficient (Wildman–Crippen LogP) is 5.97. The minimum absolute atomic E-state index is 0.0245. The van der Waals surface area contributed by atoms with Crippen molar-refractivity contribution in [2.75, 3.05) is 18.6 Å². The number of alkyl carbamates (subject to hydrolysis) is 1. The SMILES string of the molecule is COC(=O)[C@H](CSCC(=O)[C@@H](CC1CC1)[C@@H](CCC(F)(F)F)C(=O)N[C@H]1N=C(c2ccccc2)c2cccc(F)c2CC1=O)NC(=O)OC(C)(C)C. The predicted molar refractivity (Wildman–Crippen MR) is 186 cm³/mol. The summed E-state index contributed by atoms with van der Waals surface area (Å²) in [5.74, 6) is -6.60. The minimum atomic E-state index is -4.64. The lowest BCUT2D eigenvalue weighted by Gasteiger charge is -2.27. The summed E-state index contributed by atoms with van der Waals surface area (Å²) in [5.41, 5.74) is 0.314. The first kappa shape index (κ1) is 40.5. The van der Waals surface area contributed by atoms with E-state index in [1.165, 1.54) is 12.1 Å². The Kier molecular flexibility index (Phi) is 13.6. The number of hydrogen-bond acceptors (Lipinski definition) is 9. The molecule has 2 N–H and O–H groups in total. The fraction of sp³-hybridized carbons (Fsp3) is 0.514. The van der Waals surface area contributed by atoms with Crippen molar-refractivity contribution in [3.8, 4) is 0 Å². The van der Waals surface area contributed by atoms with Crippen LogP contribution in [0.15, 0.2) is 53.5 Å². The topological polar surface area (TPSA) is 140 Å². The number of methoxy groups -OCH3 is 1. The minimum Gasteiger partial charge on any atom is -0.467 e. The van der Waals surface area contributed by atoms with Crippen LogP contribution < -0.4 is 10.6 Å². The maximum Gasteiger partial charge on any atom is 0.408 e. The molecule has 1 saturated carbocycles. The van der Waals surface area contributed by atoms with Crippen LogP contribution in [0.25, 0.3) is 0 Å². The summed E-state index contributed by atoms with van der Waals surface area (Å²) >= 11 is 0.947. The molecule has 2 aromatic rings. The Bertz CT molecular complexity index is 1660. The molecule has 0 unspecified atom stereocenters. The zero-order valence-corrected chi connectivity index (χ0v) is 30.2. The van der Waals surface area contributed by atoms with Crippen LogP contribution in [-0.2, 0) is 35.1 Å². The number of halogens is 4. The Morgan fingerprint density at radius 3 is 2.31 bits per heavy atom. The maximum atomic E-state index is 15.0. The van der Waals surface area contributed by atoms with Gasteiger partial charge in [-0.15, -0.1) is 0 Å². The number of ether oxygens (including phenoxy) is 2. The molecule has 4 rings (SSSR count). The number of esters is 1. The van der Waals surface area contributed by atoms with Gasteiger partial charge in [-0.05, 0) is 45.6 Å². The average molecular weight is 750 g/mol. The Morgan fingerprint density at radius 1 is 1.00 bits per heavy atom. The molecule has 0 radical (unpaired) electrons. The number of Topliss-reactive ketones (excluding diaryl/α,β-unsaturated/α-hetero) is 2. The van der Waals surface area contributed by atoms with Gasteiger partial charge in [0.25, 0.3) is 0 Å². The molecule has 2 amide bonds. The molecule has 1 aliphatic carbocycles. The van der Waals surface area contributed by atoms with E-state index in [0.717, 1.165) is 31.7 Å². The number of aliphatic imine (C=N–C) groups is 1. The summed E-state index contributed by atoms with van der Waals surface area (Å²) in [7, 11) is 1.12. The van der Waals surface area contributed by atoms with E-state index in [9.17, 15) is 37.1 Å². The van der Waals surface area contributed by atoms with E-state index < -0.39 is 90.4 Å². The highest BCUT2D eigenvalue weighted by Gasteiger charge is 2.41. The number of fused-ring (bicyclic) bond motifs is 1. The van der Waals surface area contributed by atoms with Gasteiger partial charge in [-0.2, -0.15) is 24.9 Å². The van der Waals surface area contributed by atoms with Gasteiger partial charge in [0.1, 0.15) is 23.2 Å². The number of benzene rings is 2. The molecule has 10 nitrogen and oxygen atoms in total. The first-order valence-electron chi connectivity index (χ1n) is 16.9. The van der Waals surface area contributed by atoms with E-state index in [0.29, 0.717) is 11.1 Å². The summed E-state index contributed by atoms with van der Waals surface area (Å²) < 4.78 is 65.8. The van der Waals surface area contributed by atoms with Gasteiger partial charge in [0, 0.05) is 47.1 Å². The third-order valence-electron chi connectivity index (χ3n) is 8.58. The lowest BCUT2D eigenvalue weighted by atomic mass is 9.81. The van der Waals surface area contributed by atoms with E-state index in [1.807, 2.05) is 0 Å². The molecule has 1 aliphatic heterocycles. The van der Waals surface area contributed by atoms with Gasteiger partial charge in [-0.1, -0.05) is 55.3 Å². The van der Waals surface area contributed by atoms with E-state index in [4.69, 9.17) is 9.47 Å². The number of ketones is 2. The van der Waals surface area contributed by atoms with Crippen molar-refractivity contribution in [2.45, 2.75) is 83.3 Å². The van der Waals surface area contributed by atoms with Gasteiger partial charge in [0.15, 0.2) is 11.9 Å².